The number of benzene rings is 3. The number of carbonyl (C=O) groups excluding carboxylic acids is 1. The number of rotatable bonds is 8. The predicted octanol–water partition coefficient (Wildman–Crippen LogP) is 4.51. The minimum Gasteiger partial charge on any atom is -0.476 e. The molecule has 0 spiro atoms. The number of piperazine rings is 1. The van der Waals surface area contributed by atoms with Crippen LogP contribution in [0.25, 0.3) is 10.9 Å². The third-order valence-corrected chi connectivity index (χ3v) is 6.79. The van der Waals surface area contributed by atoms with Crippen molar-refractivity contribution in [1.29, 1.82) is 0 Å². The normalized spacial score (nSPS) is 15.1. The first-order chi connectivity index (χ1) is 17.6. The van der Waals surface area contributed by atoms with E-state index in [0.29, 0.717) is 5.75 Å². The lowest BCUT2D eigenvalue weighted by Gasteiger charge is -2.36. The van der Waals surface area contributed by atoms with Gasteiger partial charge >= 0.3 is 0 Å². The summed E-state index contributed by atoms with van der Waals surface area (Å²) in [7, 11) is 0. The van der Waals surface area contributed by atoms with Crippen molar-refractivity contribution in [2.24, 2.45) is 5.73 Å². The number of nitrogens with zero attached hydrogens (tertiary/aromatic N) is 3. The van der Waals surface area contributed by atoms with Crippen molar-refractivity contribution in [1.82, 2.24) is 9.88 Å². The number of nitrogens with two attached hydrogens (primary N) is 1. The number of carbonyl (C=O) groups is 1. The number of fused-ring (bicyclic) bond motifs is 1. The molecule has 1 fully saturated rings. The lowest BCUT2D eigenvalue weighted by Crippen LogP contribution is -2.47. The zero-order valence-corrected chi connectivity index (χ0v) is 20.6. The highest BCUT2D eigenvalue weighted by Gasteiger charge is 2.21. The van der Waals surface area contributed by atoms with E-state index in [4.69, 9.17) is 10.5 Å². The van der Waals surface area contributed by atoms with Gasteiger partial charge in [-0.25, -0.2) is 0 Å². The fourth-order valence-corrected chi connectivity index (χ4v) is 4.85. The van der Waals surface area contributed by atoms with Crippen LogP contribution >= 0.6 is 0 Å². The van der Waals surface area contributed by atoms with E-state index >= 15 is 0 Å². The van der Waals surface area contributed by atoms with Gasteiger partial charge in [-0.3, -0.25) is 14.7 Å². The van der Waals surface area contributed by atoms with Crippen LogP contribution in [0, 0.1) is 6.92 Å². The molecule has 2 N–H and O–H groups in total. The molecule has 1 aliphatic heterocycles. The fourth-order valence-electron chi connectivity index (χ4n) is 4.85. The Labute approximate surface area is 212 Å². The van der Waals surface area contributed by atoms with Gasteiger partial charge in [0.05, 0.1) is 5.52 Å². The lowest BCUT2D eigenvalue weighted by atomic mass is 10.0. The first-order valence-corrected chi connectivity index (χ1v) is 12.5. The van der Waals surface area contributed by atoms with Crippen molar-refractivity contribution >= 4 is 22.5 Å². The van der Waals surface area contributed by atoms with E-state index in [2.05, 4.69) is 51.2 Å². The molecule has 0 bridgehead atoms. The minimum absolute atomic E-state index is 0.495. The highest BCUT2D eigenvalue weighted by Crippen LogP contribution is 2.27. The highest BCUT2D eigenvalue weighted by atomic mass is 16.5. The third-order valence-electron chi connectivity index (χ3n) is 6.79. The molecule has 1 atom stereocenters. The largest absolute Gasteiger partial charge is 0.476 e. The second kappa shape index (κ2) is 10.8. The molecule has 0 radical (unpaired) electrons. The molecular weight excluding hydrogens is 448 g/mol. The summed E-state index contributed by atoms with van der Waals surface area (Å²) in [5.41, 5.74) is 11.0. The van der Waals surface area contributed by atoms with Crippen LogP contribution in [0.2, 0.25) is 0 Å². The fraction of sp³-hybridized carbons (Fsp3) is 0.267. The van der Waals surface area contributed by atoms with Crippen molar-refractivity contribution in [2.45, 2.75) is 19.4 Å². The second-order valence-corrected chi connectivity index (χ2v) is 9.33. The Morgan fingerprint density at radius 1 is 0.944 bits per heavy atom. The Morgan fingerprint density at radius 2 is 1.72 bits per heavy atom. The van der Waals surface area contributed by atoms with Crippen LogP contribution in [0.1, 0.15) is 22.9 Å². The lowest BCUT2D eigenvalue weighted by molar-refractivity contribution is -0.125. The number of aryl methyl sites for hydroxylation is 1. The van der Waals surface area contributed by atoms with Crippen molar-refractivity contribution in [3.63, 3.8) is 0 Å². The van der Waals surface area contributed by atoms with Gasteiger partial charge in [0.25, 0.3) is 5.91 Å². The summed E-state index contributed by atoms with van der Waals surface area (Å²) in [4.78, 5) is 21.8. The first-order valence-electron chi connectivity index (χ1n) is 12.5. The molecule has 1 aliphatic rings. The van der Waals surface area contributed by atoms with Gasteiger partial charge in [-0.1, -0.05) is 48.5 Å². The summed E-state index contributed by atoms with van der Waals surface area (Å²) in [6, 6.07) is 28.0. The van der Waals surface area contributed by atoms with Gasteiger partial charge in [0, 0.05) is 55.1 Å². The molecule has 1 unspecified atom stereocenters. The zero-order valence-electron chi connectivity index (χ0n) is 20.6. The Kier molecular flexibility index (Phi) is 7.14. The van der Waals surface area contributed by atoms with E-state index in [-0.39, 0.29) is 0 Å². The average Bonchev–Trinajstić information content (AvgIpc) is 2.91. The molecule has 0 aliphatic carbocycles. The van der Waals surface area contributed by atoms with Crippen LogP contribution in [0.5, 0.6) is 5.75 Å². The summed E-state index contributed by atoms with van der Waals surface area (Å²) in [6.45, 7) is 7.00. The molecule has 1 aromatic heterocycles. The van der Waals surface area contributed by atoms with Gasteiger partial charge < -0.3 is 15.4 Å². The molecule has 1 amide bonds. The van der Waals surface area contributed by atoms with Gasteiger partial charge in [0.15, 0.2) is 0 Å². The number of anilines is 1. The summed E-state index contributed by atoms with van der Waals surface area (Å²) < 4.78 is 5.91. The van der Waals surface area contributed by atoms with E-state index < -0.39 is 12.0 Å². The van der Waals surface area contributed by atoms with Crippen LogP contribution in [0.15, 0.2) is 84.9 Å². The second-order valence-electron chi connectivity index (χ2n) is 9.33. The molecule has 6 nitrogen and oxygen atoms in total. The van der Waals surface area contributed by atoms with Gasteiger partial charge in [-0.15, -0.1) is 0 Å². The minimum atomic E-state index is -0.810. The molecule has 5 rings (SSSR count). The van der Waals surface area contributed by atoms with Crippen LogP contribution < -0.4 is 15.4 Å². The summed E-state index contributed by atoms with van der Waals surface area (Å²) in [6.07, 6.45) is 0.0946. The van der Waals surface area contributed by atoms with E-state index in [1.807, 2.05) is 55.5 Å². The number of ether oxygens (including phenoxy) is 1. The maximum Gasteiger partial charge on any atom is 0.263 e. The van der Waals surface area contributed by atoms with E-state index in [0.717, 1.165) is 55.9 Å². The number of amides is 1. The van der Waals surface area contributed by atoms with Gasteiger partial charge in [0.1, 0.15) is 5.75 Å². The number of pyridine rings is 1. The molecular formula is C30H32N4O2. The number of primary amides is 1. The Balaban J connectivity index is 1.19. The Hall–Kier alpha value is -3.90. The molecule has 184 valence electrons. The molecule has 2 heterocycles. The van der Waals surface area contributed by atoms with Crippen molar-refractivity contribution in [2.75, 3.05) is 37.6 Å². The number of para-hydroxylation sites is 1. The van der Waals surface area contributed by atoms with E-state index in [1.54, 1.807) is 0 Å². The van der Waals surface area contributed by atoms with Crippen molar-refractivity contribution in [3.8, 4) is 5.75 Å². The smallest absolute Gasteiger partial charge is 0.263 e. The van der Waals surface area contributed by atoms with Crippen molar-refractivity contribution in [3.05, 3.63) is 102 Å². The first kappa shape index (κ1) is 23.8. The molecule has 6 heteroatoms. The SMILES string of the molecule is Cc1ccc2c(N3CCN(CCc4cccc(C(Oc5ccccc5)C(N)=O)c4)CC3)cccc2n1. The van der Waals surface area contributed by atoms with Gasteiger partial charge in [-0.2, -0.15) is 0 Å². The summed E-state index contributed by atoms with van der Waals surface area (Å²) in [5.74, 6) is 0.132. The Bertz CT molecular complexity index is 1330. The summed E-state index contributed by atoms with van der Waals surface area (Å²) >= 11 is 0. The van der Waals surface area contributed by atoms with Crippen LogP contribution in [0.3, 0.4) is 0 Å². The molecule has 1 saturated heterocycles. The maximum absolute atomic E-state index is 12.1. The number of aromatic nitrogens is 1. The summed E-state index contributed by atoms with van der Waals surface area (Å²) in [5, 5.41) is 1.22. The quantitative estimate of drug-likeness (QED) is 0.402. The van der Waals surface area contributed by atoms with Gasteiger partial charge in [0.2, 0.25) is 6.10 Å². The molecule has 36 heavy (non-hydrogen) atoms. The topological polar surface area (TPSA) is 71.7 Å². The monoisotopic (exact) mass is 480 g/mol. The zero-order chi connectivity index (χ0) is 24.9. The molecule has 4 aromatic rings. The van der Waals surface area contributed by atoms with Crippen LogP contribution in [0.4, 0.5) is 5.69 Å². The van der Waals surface area contributed by atoms with Crippen LogP contribution in [-0.4, -0.2) is 48.5 Å². The highest BCUT2D eigenvalue weighted by molar-refractivity contribution is 5.92. The molecule has 0 saturated carbocycles. The average molecular weight is 481 g/mol. The Morgan fingerprint density at radius 3 is 2.50 bits per heavy atom. The maximum atomic E-state index is 12.1. The van der Waals surface area contributed by atoms with Crippen molar-refractivity contribution < 1.29 is 9.53 Å². The third kappa shape index (κ3) is 5.50. The van der Waals surface area contributed by atoms with E-state index in [1.165, 1.54) is 16.6 Å². The predicted molar refractivity (Wildman–Crippen MR) is 144 cm³/mol. The standard InChI is InChI=1S/C30H32N4O2/c1-22-13-14-26-27(32-22)11-6-12-28(26)34-19-17-33(18-20-34)16-15-23-7-5-8-24(21-23)29(30(31)35)36-25-9-3-2-4-10-25/h2-14,21,29H,15-20H2,1H3,(H2,31,35). The number of hydrogen-bond donors (Lipinski definition) is 1. The van der Waals surface area contributed by atoms with Crippen LogP contribution in [-0.2, 0) is 11.2 Å². The van der Waals surface area contributed by atoms with E-state index in [9.17, 15) is 4.79 Å². The molecule has 3 aromatic carbocycles. The number of hydrogen-bond acceptors (Lipinski definition) is 5. The van der Waals surface area contributed by atoms with Gasteiger partial charge in [-0.05, 0) is 55.3 Å².